The smallest absolute Gasteiger partial charge is 0.241 e. The van der Waals surface area contributed by atoms with Crippen LogP contribution < -0.4 is 15.8 Å². The Morgan fingerprint density at radius 1 is 1.12 bits per heavy atom. The molecule has 0 heterocycles. The first-order valence-electron chi connectivity index (χ1n) is 7.99. The van der Waals surface area contributed by atoms with E-state index in [0.717, 1.165) is 12.0 Å². The molecular formula is C19H25ClN2O2. The zero-order valence-corrected chi connectivity index (χ0v) is 14.9. The maximum Gasteiger partial charge on any atom is 0.241 e. The molecule has 2 unspecified atom stereocenters. The molecular weight excluding hydrogens is 324 g/mol. The van der Waals surface area contributed by atoms with Gasteiger partial charge in [-0.15, -0.1) is 12.4 Å². The van der Waals surface area contributed by atoms with E-state index in [2.05, 4.69) is 5.32 Å². The van der Waals surface area contributed by atoms with Crippen LogP contribution in [0.5, 0.6) is 5.75 Å². The predicted octanol–water partition coefficient (Wildman–Crippen LogP) is 4.31. The standard InChI is InChI=1S/C19H24N2O2.ClH/c1-3-9-16(20)19(22)21-17-12-7-8-13-18(17)23-14(2)15-10-5-4-6-11-15;/h4-8,10-14,16H,3,9,20H2,1-2H3,(H,21,22);1H. The van der Waals surface area contributed by atoms with Crippen LogP contribution >= 0.6 is 12.4 Å². The van der Waals surface area contributed by atoms with Crippen molar-refractivity contribution < 1.29 is 9.53 Å². The first-order valence-corrected chi connectivity index (χ1v) is 7.99. The normalized spacial score (nSPS) is 12.6. The number of para-hydroxylation sites is 2. The molecule has 24 heavy (non-hydrogen) atoms. The molecule has 0 aliphatic rings. The molecule has 2 atom stereocenters. The fraction of sp³-hybridized carbons (Fsp3) is 0.316. The third kappa shape index (κ3) is 5.55. The fourth-order valence-corrected chi connectivity index (χ4v) is 2.32. The number of ether oxygens (including phenoxy) is 1. The lowest BCUT2D eigenvalue weighted by molar-refractivity contribution is -0.117. The zero-order chi connectivity index (χ0) is 16.7. The number of hydrogen-bond acceptors (Lipinski definition) is 3. The Bertz CT molecular complexity index is 634. The number of nitrogens with one attached hydrogen (secondary N) is 1. The molecule has 4 nitrogen and oxygen atoms in total. The van der Waals surface area contributed by atoms with Gasteiger partial charge in [0.25, 0.3) is 0 Å². The second-order valence-electron chi connectivity index (χ2n) is 5.55. The van der Waals surface area contributed by atoms with Gasteiger partial charge in [-0.05, 0) is 31.0 Å². The van der Waals surface area contributed by atoms with Crippen LogP contribution in [0, 0.1) is 0 Å². The minimum atomic E-state index is -0.500. The molecule has 0 radical (unpaired) electrons. The molecule has 2 aromatic rings. The van der Waals surface area contributed by atoms with E-state index in [1.54, 1.807) is 0 Å². The molecule has 0 saturated heterocycles. The number of hydrogen-bond donors (Lipinski definition) is 2. The third-order valence-electron chi connectivity index (χ3n) is 3.65. The highest BCUT2D eigenvalue weighted by Crippen LogP contribution is 2.29. The maximum atomic E-state index is 12.1. The second-order valence-corrected chi connectivity index (χ2v) is 5.55. The Kier molecular flexibility index (Phi) is 8.30. The van der Waals surface area contributed by atoms with Gasteiger partial charge in [0.15, 0.2) is 0 Å². The van der Waals surface area contributed by atoms with Crippen LogP contribution in [0.1, 0.15) is 38.4 Å². The van der Waals surface area contributed by atoms with Gasteiger partial charge in [-0.2, -0.15) is 0 Å². The second kappa shape index (κ2) is 9.96. The van der Waals surface area contributed by atoms with Crippen molar-refractivity contribution in [1.29, 1.82) is 0 Å². The number of carbonyl (C=O) groups excluding carboxylic acids is 1. The van der Waals surface area contributed by atoms with Gasteiger partial charge in [-0.25, -0.2) is 0 Å². The van der Waals surface area contributed by atoms with E-state index >= 15 is 0 Å². The number of anilines is 1. The van der Waals surface area contributed by atoms with Crippen LogP contribution in [0.15, 0.2) is 54.6 Å². The number of amides is 1. The van der Waals surface area contributed by atoms with Gasteiger partial charge in [0.1, 0.15) is 11.9 Å². The van der Waals surface area contributed by atoms with Crippen molar-refractivity contribution >= 4 is 24.0 Å². The summed E-state index contributed by atoms with van der Waals surface area (Å²) in [6.07, 6.45) is 1.42. The summed E-state index contributed by atoms with van der Waals surface area (Å²) < 4.78 is 6.02. The van der Waals surface area contributed by atoms with Gasteiger partial charge in [0, 0.05) is 0 Å². The Hall–Kier alpha value is -2.04. The summed E-state index contributed by atoms with van der Waals surface area (Å²) in [4.78, 5) is 12.1. The minimum Gasteiger partial charge on any atom is -0.484 e. The Labute approximate surface area is 149 Å². The highest BCUT2D eigenvalue weighted by atomic mass is 35.5. The quantitative estimate of drug-likeness (QED) is 0.783. The molecule has 2 rings (SSSR count). The van der Waals surface area contributed by atoms with Crippen molar-refractivity contribution in [3.05, 3.63) is 60.2 Å². The summed E-state index contributed by atoms with van der Waals surface area (Å²) in [6, 6.07) is 16.9. The zero-order valence-electron chi connectivity index (χ0n) is 14.1. The molecule has 0 saturated carbocycles. The van der Waals surface area contributed by atoms with E-state index in [1.807, 2.05) is 68.4 Å². The lowest BCUT2D eigenvalue weighted by Crippen LogP contribution is -2.35. The Morgan fingerprint density at radius 3 is 2.42 bits per heavy atom. The summed E-state index contributed by atoms with van der Waals surface area (Å²) in [5.74, 6) is 0.455. The van der Waals surface area contributed by atoms with Crippen LogP contribution in [0.3, 0.4) is 0 Å². The summed E-state index contributed by atoms with van der Waals surface area (Å²) in [6.45, 7) is 3.99. The highest BCUT2D eigenvalue weighted by molar-refractivity contribution is 5.95. The van der Waals surface area contributed by atoms with Crippen molar-refractivity contribution in [3.8, 4) is 5.75 Å². The Morgan fingerprint density at radius 2 is 1.75 bits per heavy atom. The molecule has 0 spiro atoms. The maximum absolute atomic E-state index is 12.1. The first-order chi connectivity index (χ1) is 11.1. The number of benzene rings is 2. The lowest BCUT2D eigenvalue weighted by atomic mass is 10.1. The molecule has 0 aromatic heterocycles. The SMILES string of the molecule is CCCC(N)C(=O)Nc1ccccc1OC(C)c1ccccc1.Cl. The van der Waals surface area contributed by atoms with E-state index < -0.39 is 6.04 Å². The van der Waals surface area contributed by atoms with Crippen LogP contribution in [-0.4, -0.2) is 11.9 Å². The Balaban J connectivity index is 0.00000288. The van der Waals surface area contributed by atoms with E-state index in [1.165, 1.54) is 0 Å². The van der Waals surface area contributed by atoms with Crippen LogP contribution in [0.4, 0.5) is 5.69 Å². The monoisotopic (exact) mass is 348 g/mol. The first kappa shape index (κ1) is 20.0. The average Bonchev–Trinajstić information content (AvgIpc) is 2.57. The van der Waals surface area contributed by atoms with E-state index in [0.29, 0.717) is 17.9 Å². The van der Waals surface area contributed by atoms with Crippen molar-refractivity contribution in [1.82, 2.24) is 0 Å². The van der Waals surface area contributed by atoms with E-state index in [-0.39, 0.29) is 24.4 Å². The molecule has 0 aliphatic carbocycles. The fourth-order valence-electron chi connectivity index (χ4n) is 2.32. The molecule has 1 amide bonds. The van der Waals surface area contributed by atoms with Crippen molar-refractivity contribution in [2.24, 2.45) is 5.73 Å². The number of nitrogens with two attached hydrogens (primary N) is 1. The van der Waals surface area contributed by atoms with Crippen LogP contribution in [0.25, 0.3) is 0 Å². The van der Waals surface area contributed by atoms with Crippen molar-refractivity contribution in [3.63, 3.8) is 0 Å². The molecule has 0 fully saturated rings. The van der Waals surface area contributed by atoms with Gasteiger partial charge in [0.2, 0.25) is 5.91 Å². The minimum absolute atomic E-state index is 0. The molecule has 0 bridgehead atoms. The number of halogens is 1. The summed E-state index contributed by atoms with van der Waals surface area (Å²) in [7, 11) is 0. The van der Waals surface area contributed by atoms with Gasteiger partial charge >= 0.3 is 0 Å². The summed E-state index contributed by atoms with van der Waals surface area (Å²) >= 11 is 0. The average molecular weight is 349 g/mol. The van der Waals surface area contributed by atoms with Crippen LogP contribution in [-0.2, 0) is 4.79 Å². The molecule has 2 aromatic carbocycles. The predicted molar refractivity (Wildman–Crippen MR) is 101 cm³/mol. The number of carbonyl (C=O) groups is 1. The van der Waals surface area contributed by atoms with Gasteiger partial charge in [0.05, 0.1) is 11.7 Å². The highest BCUT2D eigenvalue weighted by Gasteiger charge is 2.16. The van der Waals surface area contributed by atoms with Crippen LogP contribution in [0.2, 0.25) is 0 Å². The van der Waals surface area contributed by atoms with Crippen molar-refractivity contribution in [2.45, 2.75) is 38.8 Å². The molecule has 130 valence electrons. The molecule has 3 N–H and O–H groups in total. The van der Waals surface area contributed by atoms with Gasteiger partial charge in [-0.3, -0.25) is 4.79 Å². The lowest BCUT2D eigenvalue weighted by Gasteiger charge is -2.19. The van der Waals surface area contributed by atoms with E-state index in [9.17, 15) is 4.79 Å². The van der Waals surface area contributed by atoms with E-state index in [4.69, 9.17) is 10.5 Å². The van der Waals surface area contributed by atoms with Crippen molar-refractivity contribution in [2.75, 3.05) is 5.32 Å². The number of rotatable bonds is 7. The molecule has 0 aliphatic heterocycles. The summed E-state index contributed by atoms with van der Waals surface area (Å²) in [5, 5.41) is 2.86. The largest absolute Gasteiger partial charge is 0.484 e. The van der Waals surface area contributed by atoms with Gasteiger partial charge in [-0.1, -0.05) is 55.8 Å². The van der Waals surface area contributed by atoms with Gasteiger partial charge < -0.3 is 15.8 Å². The topological polar surface area (TPSA) is 64.4 Å². The third-order valence-corrected chi connectivity index (χ3v) is 3.65. The summed E-state index contributed by atoms with van der Waals surface area (Å²) in [5.41, 5.74) is 7.59. The molecule has 5 heteroatoms.